The van der Waals surface area contributed by atoms with Crippen molar-refractivity contribution in [2.45, 2.75) is 20.3 Å². The Morgan fingerprint density at radius 2 is 2.23 bits per heavy atom. The van der Waals surface area contributed by atoms with Gasteiger partial charge in [0.1, 0.15) is 5.69 Å². The van der Waals surface area contributed by atoms with Gasteiger partial charge in [0.15, 0.2) is 10.8 Å². The van der Waals surface area contributed by atoms with E-state index in [0.717, 1.165) is 39.2 Å². The summed E-state index contributed by atoms with van der Waals surface area (Å²) in [5.74, 6) is 1.37. The molecule has 0 atom stereocenters. The first kappa shape index (κ1) is 13.6. The van der Waals surface area contributed by atoms with E-state index in [9.17, 15) is 0 Å². The number of aromatic amines is 1. The van der Waals surface area contributed by atoms with E-state index in [1.807, 2.05) is 16.8 Å². The van der Waals surface area contributed by atoms with Crippen molar-refractivity contribution in [1.82, 2.24) is 30.0 Å². The Kier molecular flexibility index (Phi) is 3.27. The van der Waals surface area contributed by atoms with Crippen LogP contribution >= 0.6 is 22.7 Å². The van der Waals surface area contributed by atoms with Crippen molar-refractivity contribution in [3.8, 4) is 22.1 Å². The molecule has 4 aromatic rings. The lowest BCUT2D eigenvalue weighted by Crippen LogP contribution is -1.93. The van der Waals surface area contributed by atoms with Crippen LogP contribution in [0.3, 0.4) is 0 Å². The van der Waals surface area contributed by atoms with Crippen molar-refractivity contribution in [1.29, 1.82) is 0 Å². The van der Waals surface area contributed by atoms with Crippen LogP contribution in [0.2, 0.25) is 0 Å². The number of hydrogen-bond acceptors (Lipinski definition) is 6. The summed E-state index contributed by atoms with van der Waals surface area (Å²) in [6.45, 7) is 4.38. The normalized spacial score (nSPS) is 11.8. The fourth-order valence-electron chi connectivity index (χ4n) is 2.31. The lowest BCUT2D eigenvalue weighted by molar-refractivity contribution is 0.633. The van der Waals surface area contributed by atoms with Gasteiger partial charge in [-0.15, -0.1) is 10.2 Å². The average Bonchev–Trinajstić information content (AvgIpc) is 3.21. The number of nitrogens with one attached hydrogen (secondary N) is 1. The molecule has 0 amide bonds. The van der Waals surface area contributed by atoms with Gasteiger partial charge in [0.2, 0.25) is 4.96 Å². The van der Waals surface area contributed by atoms with Gasteiger partial charge in [-0.1, -0.05) is 25.2 Å². The second kappa shape index (κ2) is 5.29. The van der Waals surface area contributed by atoms with E-state index >= 15 is 0 Å². The number of fused-ring (bicyclic) bond motifs is 1. The molecule has 0 saturated carbocycles. The van der Waals surface area contributed by atoms with Crippen molar-refractivity contribution in [2.24, 2.45) is 5.92 Å². The monoisotopic (exact) mass is 330 g/mol. The standard InChI is InChI=1S/C14H14N6S2/c1-8(2)5-10-6-11(16-15-10)13-19-20-12(9-3-4-21-7-9)17-18-14(20)22-13/h3-4,6-8H,5H2,1-2H3,(H,15,16). The maximum absolute atomic E-state index is 4.62. The Morgan fingerprint density at radius 1 is 1.32 bits per heavy atom. The predicted octanol–water partition coefficient (Wildman–Crippen LogP) is 3.50. The van der Waals surface area contributed by atoms with Crippen LogP contribution < -0.4 is 0 Å². The first-order valence-corrected chi connectivity index (χ1v) is 8.76. The molecule has 22 heavy (non-hydrogen) atoms. The third kappa shape index (κ3) is 2.34. The van der Waals surface area contributed by atoms with Crippen LogP contribution in [0.15, 0.2) is 22.9 Å². The molecule has 0 saturated heterocycles. The van der Waals surface area contributed by atoms with Crippen molar-refractivity contribution >= 4 is 27.6 Å². The second-order valence-electron chi connectivity index (χ2n) is 5.51. The summed E-state index contributed by atoms with van der Waals surface area (Å²) in [6, 6.07) is 4.09. The van der Waals surface area contributed by atoms with E-state index in [-0.39, 0.29) is 0 Å². The lowest BCUT2D eigenvalue weighted by Gasteiger charge is -1.98. The zero-order valence-corrected chi connectivity index (χ0v) is 13.8. The molecule has 4 rings (SSSR count). The third-order valence-corrected chi connectivity index (χ3v) is 4.85. The molecule has 0 unspecified atom stereocenters. The van der Waals surface area contributed by atoms with Crippen molar-refractivity contribution in [3.63, 3.8) is 0 Å². The zero-order chi connectivity index (χ0) is 15.1. The molecule has 4 aromatic heterocycles. The van der Waals surface area contributed by atoms with E-state index in [4.69, 9.17) is 0 Å². The predicted molar refractivity (Wildman–Crippen MR) is 88.1 cm³/mol. The minimum absolute atomic E-state index is 0.594. The van der Waals surface area contributed by atoms with Crippen LogP contribution in [0.25, 0.3) is 27.1 Å². The highest BCUT2D eigenvalue weighted by atomic mass is 32.1. The summed E-state index contributed by atoms with van der Waals surface area (Å²) in [7, 11) is 0. The third-order valence-electron chi connectivity index (χ3n) is 3.25. The maximum Gasteiger partial charge on any atom is 0.235 e. The van der Waals surface area contributed by atoms with E-state index in [0.29, 0.717) is 5.92 Å². The van der Waals surface area contributed by atoms with E-state index in [1.165, 1.54) is 11.3 Å². The van der Waals surface area contributed by atoms with Crippen LogP contribution in [0.5, 0.6) is 0 Å². The molecule has 0 fully saturated rings. The van der Waals surface area contributed by atoms with Crippen molar-refractivity contribution in [2.75, 3.05) is 0 Å². The number of hydrogen-bond donors (Lipinski definition) is 1. The summed E-state index contributed by atoms with van der Waals surface area (Å²) in [5, 5.41) is 25.4. The Bertz CT molecular complexity index is 899. The van der Waals surface area contributed by atoms with Gasteiger partial charge < -0.3 is 0 Å². The van der Waals surface area contributed by atoms with Gasteiger partial charge in [-0.2, -0.15) is 26.0 Å². The smallest absolute Gasteiger partial charge is 0.235 e. The largest absolute Gasteiger partial charge is 0.282 e. The molecular formula is C14H14N6S2. The minimum atomic E-state index is 0.594. The van der Waals surface area contributed by atoms with Gasteiger partial charge in [-0.25, -0.2) is 0 Å². The van der Waals surface area contributed by atoms with Crippen LogP contribution in [-0.2, 0) is 6.42 Å². The highest BCUT2D eigenvalue weighted by Crippen LogP contribution is 2.28. The minimum Gasteiger partial charge on any atom is -0.282 e. The molecule has 6 nitrogen and oxygen atoms in total. The molecule has 112 valence electrons. The Hall–Kier alpha value is -2.06. The quantitative estimate of drug-likeness (QED) is 0.621. The summed E-state index contributed by atoms with van der Waals surface area (Å²) in [6.07, 6.45) is 0.983. The fourth-order valence-corrected chi connectivity index (χ4v) is 3.74. The molecule has 8 heteroatoms. The molecule has 1 N–H and O–H groups in total. The van der Waals surface area contributed by atoms with Crippen LogP contribution in [-0.4, -0.2) is 30.0 Å². The Morgan fingerprint density at radius 3 is 3.00 bits per heavy atom. The number of H-pyrrole nitrogens is 1. The summed E-state index contributed by atoms with van der Waals surface area (Å²) < 4.78 is 1.79. The number of aromatic nitrogens is 6. The second-order valence-corrected chi connectivity index (χ2v) is 7.25. The maximum atomic E-state index is 4.62. The molecule has 0 bridgehead atoms. The average molecular weight is 330 g/mol. The molecule has 0 spiro atoms. The van der Waals surface area contributed by atoms with Crippen LogP contribution in [0.1, 0.15) is 19.5 Å². The topological polar surface area (TPSA) is 71.8 Å². The molecule has 0 aromatic carbocycles. The number of rotatable bonds is 4. The zero-order valence-electron chi connectivity index (χ0n) is 12.1. The van der Waals surface area contributed by atoms with Gasteiger partial charge in [0, 0.05) is 16.6 Å². The Balaban J connectivity index is 1.72. The molecule has 0 aliphatic heterocycles. The molecule has 0 aliphatic rings. The molecule has 4 heterocycles. The number of nitrogens with zero attached hydrogens (tertiary/aromatic N) is 5. The Labute approximate surface area is 134 Å². The van der Waals surface area contributed by atoms with E-state index < -0.39 is 0 Å². The van der Waals surface area contributed by atoms with E-state index in [2.05, 4.69) is 45.4 Å². The molecule has 0 aliphatic carbocycles. The first-order chi connectivity index (χ1) is 10.7. The SMILES string of the molecule is CC(C)Cc1cc(-c2nn3c(-c4ccsc4)nnc3s2)n[nH]1. The lowest BCUT2D eigenvalue weighted by atomic mass is 10.1. The fraction of sp³-hybridized carbons (Fsp3) is 0.286. The van der Waals surface area contributed by atoms with Gasteiger partial charge in [-0.3, -0.25) is 5.10 Å². The van der Waals surface area contributed by atoms with Gasteiger partial charge in [0.25, 0.3) is 0 Å². The highest BCUT2D eigenvalue weighted by Gasteiger charge is 2.16. The van der Waals surface area contributed by atoms with Gasteiger partial charge >= 0.3 is 0 Å². The van der Waals surface area contributed by atoms with Crippen LogP contribution in [0, 0.1) is 5.92 Å². The molecule has 0 radical (unpaired) electrons. The molecular weight excluding hydrogens is 316 g/mol. The van der Waals surface area contributed by atoms with E-state index in [1.54, 1.807) is 15.9 Å². The van der Waals surface area contributed by atoms with Crippen molar-refractivity contribution in [3.05, 3.63) is 28.6 Å². The van der Waals surface area contributed by atoms with Crippen molar-refractivity contribution < 1.29 is 0 Å². The number of thiophene rings is 1. The first-order valence-electron chi connectivity index (χ1n) is 7.00. The summed E-state index contributed by atoms with van der Waals surface area (Å²) >= 11 is 3.14. The summed E-state index contributed by atoms with van der Waals surface area (Å²) in [5.41, 5.74) is 3.04. The summed E-state index contributed by atoms with van der Waals surface area (Å²) in [4.78, 5) is 0.782. The van der Waals surface area contributed by atoms with Crippen LogP contribution in [0.4, 0.5) is 0 Å². The van der Waals surface area contributed by atoms with Gasteiger partial charge in [-0.05, 0) is 29.9 Å². The van der Waals surface area contributed by atoms with Gasteiger partial charge in [0.05, 0.1) is 0 Å². The highest BCUT2D eigenvalue weighted by molar-refractivity contribution is 7.19.